The minimum Gasteiger partial charge on any atom is -0.440 e. The highest BCUT2D eigenvalue weighted by molar-refractivity contribution is 6.13. The molecule has 2 aliphatic heterocycles. The van der Waals surface area contributed by atoms with Crippen LogP contribution in [0.15, 0.2) is 91.0 Å². The molecule has 2 aliphatic rings. The highest BCUT2D eigenvalue weighted by Crippen LogP contribution is 2.25. The Bertz CT molecular complexity index is 1860. The Labute approximate surface area is 265 Å². The summed E-state index contributed by atoms with van der Waals surface area (Å²) in [5.74, 6) is -5.12. The van der Waals surface area contributed by atoms with Crippen LogP contribution in [0.2, 0.25) is 0 Å². The Morgan fingerprint density at radius 3 is 1.26 bits per heavy atom. The lowest BCUT2D eigenvalue weighted by atomic mass is 10.1. The van der Waals surface area contributed by atoms with Gasteiger partial charge in [-0.1, -0.05) is 0 Å². The third-order valence-electron chi connectivity index (χ3n) is 6.72. The first-order chi connectivity index (χ1) is 22.5. The average molecular weight is 639 g/mol. The maximum Gasteiger partial charge on any atom is 0.343 e. The molecule has 0 N–H and O–H groups in total. The van der Waals surface area contributed by atoms with Gasteiger partial charge in [0.05, 0.1) is 22.3 Å². The van der Waals surface area contributed by atoms with E-state index in [1.807, 2.05) is 0 Å². The molecule has 14 heteroatoms. The number of amides is 4. The first-order valence-corrected chi connectivity index (χ1v) is 13.7. The molecule has 0 bridgehead atoms. The zero-order valence-corrected chi connectivity index (χ0v) is 24.4. The van der Waals surface area contributed by atoms with Gasteiger partial charge in [0.25, 0.3) is 23.6 Å². The number of nitrogens with zero attached hydrogens (tertiary/aromatic N) is 2. The lowest BCUT2D eigenvalue weighted by Gasteiger charge is -2.14. The fourth-order valence-electron chi connectivity index (χ4n) is 4.14. The van der Waals surface area contributed by atoms with Gasteiger partial charge in [-0.25, -0.2) is 29.0 Å². The quantitative estimate of drug-likeness (QED) is 0.180. The first kappa shape index (κ1) is 31.7. The second-order valence-corrected chi connectivity index (χ2v) is 9.86. The summed E-state index contributed by atoms with van der Waals surface area (Å²) in [6.07, 6.45) is 4.26. The number of carbonyl (C=O) groups excluding carboxylic acids is 8. The van der Waals surface area contributed by atoms with Crippen molar-refractivity contribution in [3.8, 4) is 11.5 Å². The predicted octanol–water partition coefficient (Wildman–Crippen LogP) is 2.51. The summed E-state index contributed by atoms with van der Waals surface area (Å²) in [5, 5.41) is 0. The van der Waals surface area contributed by atoms with E-state index >= 15 is 0 Å². The van der Waals surface area contributed by atoms with Gasteiger partial charge in [0.1, 0.15) is 11.5 Å². The lowest BCUT2D eigenvalue weighted by Crippen LogP contribution is -2.33. The van der Waals surface area contributed by atoms with E-state index in [1.54, 1.807) is 6.92 Å². The monoisotopic (exact) mass is 638 g/mol. The molecule has 236 valence electrons. The molecular weight excluding hydrogens is 616 g/mol. The number of carbonyl (C=O) groups is 8. The minimum absolute atomic E-state index is 0.0795. The Morgan fingerprint density at radius 1 is 0.511 bits per heavy atom. The zero-order valence-electron chi connectivity index (χ0n) is 24.4. The molecule has 0 saturated heterocycles. The molecule has 0 fully saturated rings. The van der Waals surface area contributed by atoms with Crippen LogP contribution in [-0.2, 0) is 28.7 Å². The molecule has 0 radical (unpaired) electrons. The van der Waals surface area contributed by atoms with E-state index in [9.17, 15) is 38.4 Å². The zero-order chi connectivity index (χ0) is 33.7. The molecule has 47 heavy (non-hydrogen) atoms. The number of ether oxygens (including phenoxy) is 4. The summed E-state index contributed by atoms with van der Waals surface area (Å²) in [6, 6.07) is 15.0. The smallest absolute Gasteiger partial charge is 0.343 e. The van der Waals surface area contributed by atoms with Crippen molar-refractivity contribution in [2.45, 2.75) is 6.92 Å². The number of benzene rings is 3. The van der Waals surface area contributed by atoms with Crippen LogP contribution >= 0.6 is 0 Å². The Balaban J connectivity index is 1.11. The Morgan fingerprint density at radius 2 is 0.872 bits per heavy atom. The van der Waals surface area contributed by atoms with Crippen molar-refractivity contribution in [1.29, 1.82) is 0 Å². The number of esters is 4. The summed E-state index contributed by atoms with van der Waals surface area (Å²) < 4.78 is 20.8. The molecule has 4 amide bonds. The predicted molar refractivity (Wildman–Crippen MR) is 157 cm³/mol. The van der Waals surface area contributed by atoms with Crippen LogP contribution < -0.4 is 9.47 Å². The van der Waals surface area contributed by atoms with Crippen molar-refractivity contribution >= 4 is 47.5 Å². The van der Waals surface area contributed by atoms with Gasteiger partial charge >= 0.3 is 23.9 Å². The molecule has 0 aromatic heterocycles. The molecular formula is C33H22N2O12. The van der Waals surface area contributed by atoms with Gasteiger partial charge in [0.15, 0.2) is 13.5 Å². The largest absolute Gasteiger partial charge is 0.440 e. The van der Waals surface area contributed by atoms with Gasteiger partial charge in [0, 0.05) is 24.3 Å². The molecule has 14 nitrogen and oxygen atoms in total. The van der Waals surface area contributed by atoms with E-state index in [-0.39, 0.29) is 33.8 Å². The lowest BCUT2D eigenvalue weighted by molar-refractivity contribution is -0.142. The molecule has 0 atom stereocenters. The molecule has 3 aromatic carbocycles. The summed E-state index contributed by atoms with van der Waals surface area (Å²) in [4.78, 5) is 97.7. The summed E-state index contributed by atoms with van der Waals surface area (Å²) in [7, 11) is 0. The average Bonchev–Trinajstić information content (AvgIpc) is 3.57. The SMILES string of the molecule is Cc1cc(OC(=O)c2ccc(C(=O)OCN3C(=O)C=CC3=O)cc2)ccc1OC(=O)c1ccc(C(=O)OCN2C(=O)C=CC2=O)cc1. The van der Waals surface area contributed by atoms with Crippen LogP contribution in [0.4, 0.5) is 0 Å². The third-order valence-corrected chi connectivity index (χ3v) is 6.72. The van der Waals surface area contributed by atoms with E-state index in [2.05, 4.69) is 0 Å². The second kappa shape index (κ2) is 13.5. The van der Waals surface area contributed by atoms with Crippen LogP contribution in [0.5, 0.6) is 11.5 Å². The van der Waals surface area contributed by atoms with Crippen LogP contribution in [0.25, 0.3) is 0 Å². The second-order valence-electron chi connectivity index (χ2n) is 9.86. The standard InChI is InChI=1S/C33H22N2O12/c1-19-16-24(46-32(42)22-6-2-20(3-7-22)30(40)44-17-34-26(36)12-13-27(34)37)10-11-25(19)47-33(43)23-8-4-21(5-9-23)31(41)45-18-35-28(38)14-15-29(35)39/h2-16H,17-18H2,1H3. The van der Waals surface area contributed by atoms with Crippen LogP contribution in [0.3, 0.4) is 0 Å². The van der Waals surface area contributed by atoms with E-state index in [0.29, 0.717) is 5.56 Å². The molecule has 0 unspecified atom stereocenters. The van der Waals surface area contributed by atoms with E-state index in [1.165, 1.54) is 66.7 Å². The topological polar surface area (TPSA) is 180 Å². The van der Waals surface area contributed by atoms with Crippen LogP contribution in [0, 0.1) is 6.92 Å². The normalized spacial score (nSPS) is 13.6. The first-order valence-electron chi connectivity index (χ1n) is 13.7. The highest BCUT2D eigenvalue weighted by Gasteiger charge is 2.26. The summed E-state index contributed by atoms with van der Waals surface area (Å²) >= 11 is 0. The molecule has 5 rings (SSSR count). The van der Waals surface area contributed by atoms with Gasteiger partial charge in [-0.05, 0) is 79.2 Å². The van der Waals surface area contributed by atoms with Crippen LogP contribution in [0.1, 0.15) is 47.0 Å². The van der Waals surface area contributed by atoms with E-state index < -0.39 is 61.0 Å². The Hall–Kier alpha value is -6.70. The fourth-order valence-corrected chi connectivity index (χ4v) is 4.14. The fraction of sp³-hybridized carbons (Fsp3) is 0.0909. The maximum absolute atomic E-state index is 12.7. The van der Waals surface area contributed by atoms with Gasteiger partial charge in [-0.2, -0.15) is 0 Å². The van der Waals surface area contributed by atoms with Crippen molar-refractivity contribution < 1.29 is 57.3 Å². The van der Waals surface area contributed by atoms with Crippen molar-refractivity contribution in [2.24, 2.45) is 0 Å². The highest BCUT2D eigenvalue weighted by atomic mass is 16.6. The van der Waals surface area contributed by atoms with Crippen molar-refractivity contribution in [2.75, 3.05) is 13.5 Å². The van der Waals surface area contributed by atoms with Gasteiger partial charge in [-0.3, -0.25) is 19.2 Å². The minimum atomic E-state index is -0.806. The van der Waals surface area contributed by atoms with E-state index in [4.69, 9.17) is 18.9 Å². The van der Waals surface area contributed by atoms with Gasteiger partial charge in [-0.15, -0.1) is 0 Å². The Kier molecular flexibility index (Phi) is 9.12. The molecule has 0 spiro atoms. The van der Waals surface area contributed by atoms with Crippen molar-refractivity contribution in [3.05, 3.63) is 119 Å². The van der Waals surface area contributed by atoms with Crippen molar-refractivity contribution in [1.82, 2.24) is 9.80 Å². The van der Waals surface area contributed by atoms with Gasteiger partial charge < -0.3 is 18.9 Å². The summed E-state index contributed by atoms with van der Waals surface area (Å²) in [6.45, 7) is 0.533. The maximum atomic E-state index is 12.7. The summed E-state index contributed by atoms with van der Waals surface area (Å²) in [5.41, 5.74) is 0.860. The number of hydrogen-bond acceptors (Lipinski definition) is 12. The number of rotatable bonds is 10. The molecule has 2 heterocycles. The van der Waals surface area contributed by atoms with Crippen LogP contribution in [-0.4, -0.2) is 70.8 Å². The van der Waals surface area contributed by atoms with Crippen molar-refractivity contribution in [3.63, 3.8) is 0 Å². The molecule has 3 aromatic rings. The number of imide groups is 2. The van der Waals surface area contributed by atoms with E-state index in [0.717, 1.165) is 34.1 Å². The number of hydrogen-bond donors (Lipinski definition) is 0. The third kappa shape index (κ3) is 7.34. The van der Waals surface area contributed by atoms with Gasteiger partial charge in [0.2, 0.25) is 0 Å². The molecule has 0 aliphatic carbocycles. The molecule has 0 saturated carbocycles. The number of aryl methyl sites for hydroxylation is 1.